The predicted octanol–water partition coefficient (Wildman–Crippen LogP) is 4.47. The van der Waals surface area contributed by atoms with Crippen LogP contribution in [0.3, 0.4) is 0 Å². The van der Waals surface area contributed by atoms with Gasteiger partial charge in [-0.25, -0.2) is 4.18 Å². The quantitative estimate of drug-likeness (QED) is 0.534. The van der Waals surface area contributed by atoms with Crippen LogP contribution in [0.15, 0.2) is 30.3 Å². The molecule has 4 nitrogen and oxygen atoms in total. The van der Waals surface area contributed by atoms with E-state index in [1.54, 1.807) is 30.3 Å². The van der Waals surface area contributed by atoms with Gasteiger partial charge in [0, 0.05) is 0 Å². The number of hydrogen-bond donors (Lipinski definition) is 0. The van der Waals surface area contributed by atoms with Gasteiger partial charge in [0.2, 0.25) is 0 Å². The largest absolute Gasteiger partial charge is 0.449 e. The van der Waals surface area contributed by atoms with Crippen molar-refractivity contribution in [1.29, 1.82) is 0 Å². The lowest BCUT2D eigenvalue weighted by Gasteiger charge is -2.06. The fourth-order valence-electron chi connectivity index (χ4n) is 2.01. The van der Waals surface area contributed by atoms with Crippen molar-refractivity contribution in [2.24, 2.45) is 0 Å². The Kier molecular flexibility index (Phi) is 9.10. The molecule has 1 aromatic rings. The van der Waals surface area contributed by atoms with Gasteiger partial charge < -0.3 is 4.18 Å². The van der Waals surface area contributed by atoms with Crippen LogP contribution in [0.25, 0.3) is 0 Å². The Labute approximate surface area is 128 Å². The van der Waals surface area contributed by atoms with E-state index >= 15 is 0 Å². The Morgan fingerprint density at radius 1 is 0.857 bits per heavy atom. The molecule has 0 amide bonds. The number of rotatable bonds is 12. The third-order valence-corrected chi connectivity index (χ3v) is 4.02. The first-order valence-corrected chi connectivity index (χ1v) is 9.11. The lowest BCUT2D eigenvalue weighted by molar-refractivity contribution is 0.265. The minimum absolute atomic E-state index is 0.185. The second kappa shape index (κ2) is 10.6. The van der Waals surface area contributed by atoms with Gasteiger partial charge in [-0.15, -0.1) is 0 Å². The summed E-state index contributed by atoms with van der Waals surface area (Å²) in [6.45, 7) is 2.39. The highest BCUT2D eigenvalue weighted by Crippen LogP contribution is 2.13. The molecule has 1 aromatic carbocycles. The average Bonchev–Trinajstić information content (AvgIpc) is 2.46. The number of benzene rings is 1. The molecule has 0 bridgehead atoms. The summed E-state index contributed by atoms with van der Waals surface area (Å²) >= 11 is 0. The summed E-state index contributed by atoms with van der Waals surface area (Å²) in [7, 11) is -3.94. The summed E-state index contributed by atoms with van der Waals surface area (Å²) in [5.74, 6) is 0.272. The zero-order valence-corrected chi connectivity index (χ0v) is 13.6. The number of hydrogen-bond acceptors (Lipinski definition) is 4. The molecule has 1 rings (SSSR count). The molecule has 0 saturated heterocycles. The van der Waals surface area contributed by atoms with E-state index in [0.29, 0.717) is 0 Å². The third kappa shape index (κ3) is 9.47. The van der Waals surface area contributed by atoms with Gasteiger partial charge in [-0.05, 0) is 18.6 Å². The van der Waals surface area contributed by atoms with Crippen LogP contribution in [0.1, 0.15) is 58.3 Å². The fraction of sp³-hybridized carbons (Fsp3) is 0.625. The van der Waals surface area contributed by atoms with Gasteiger partial charge in [0.15, 0.2) is 0 Å². The van der Waals surface area contributed by atoms with Crippen molar-refractivity contribution in [2.45, 2.75) is 58.3 Å². The van der Waals surface area contributed by atoms with Crippen LogP contribution in [0.5, 0.6) is 5.75 Å². The first kappa shape index (κ1) is 18.0. The maximum Gasteiger partial charge on any atom is 0.449 e. The van der Waals surface area contributed by atoms with Gasteiger partial charge in [-0.2, -0.15) is 8.42 Å². The zero-order valence-electron chi connectivity index (χ0n) is 12.8. The fourth-order valence-corrected chi connectivity index (χ4v) is 2.73. The van der Waals surface area contributed by atoms with E-state index in [1.165, 1.54) is 32.1 Å². The van der Waals surface area contributed by atoms with Crippen molar-refractivity contribution in [3.05, 3.63) is 30.3 Å². The third-order valence-electron chi connectivity index (χ3n) is 3.17. The predicted molar refractivity (Wildman–Crippen MR) is 84.6 cm³/mol. The van der Waals surface area contributed by atoms with Crippen molar-refractivity contribution in [3.63, 3.8) is 0 Å². The molecule has 0 spiro atoms. The summed E-state index contributed by atoms with van der Waals surface area (Å²) in [5, 5.41) is 0. The summed E-state index contributed by atoms with van der Waals surface area (Å²) in [6, 6.07) is 8.38. The summed E-state index contributed by atoms with van der Waals surface area (Å²) in [4.78, 5) is 0. The number of unbranched alkanes of at least 4 members (excludes halogenated alkanes) is 7. The van der Waals surface area contributed by atoms with Gasteiger partial charge in [-0.3, -0.25) is 0 Å². The lowest BCUT2D eigenvalue weighted by atomic mass is 10.1. The Morgan fingerprint density at radius 3 is 2.05 bits per heavy atom. The molecule has 0 heterocycles. The monoisotopic (exact) mass is 314 g/mol. The Bertz CT molecular complexity index is 456. The number of para-hydroxylation sites is 1. The van der Waals surface area contributed by atoms with E-state index < -0.39 is 10.4 Å². The van der Waals surface area contributed by atoms with Crippen LogP contribution in [0.4, 0.5) is 0 Å². The minimum atomic E-state index is -3.94. The molecular weight excluding hydrogens is 288 g/mol. The molecule has 0 aliphatic rings. The molecule has 0 atom stereocenters. The molecule has 0 unspecified atom stereocenters. The molecule has 0 aliphatic heterocycles. The molecule has 0 N–H and O–H groups in total. The van der Waals surface area contributed by atoms with E-state index in [1.807, 2.05) is 0 Å². The summed E-state index contributed by atoms with van der Waals surface area (Å²) in [5.41, 5.74) is 0. The minimum Gasteiger partial charge on any atom is -0.362 e. The van der Waals surface area contributed by atoms with E-state index in [2.05, 4.69) is 6.92 Å². The lowest BCUT2D eigenvalue weighted by Crippen LogP contribution is -2.14. The second-order valence-corrected chi connectivity index (χ2v) is 6.32. The highest BCUT2D eigenvalue weighted by Gasteiger charge is 2.12. The smallest absolute Gasteiger partial charge is 0.362 e. The zero-order chi connectivity index (χ0) is 15.4. The topological polar surface area (TPSA) is 52.6 Å². The molecule has 0 aromatic heterocycles. The van der Waals surface area contributed by atoms with Crippen molar-refractivity contribution in [2.75, 3.05) is 6.61 Å². The van der Waals surface area contributed by atoms with Crippen molar-refractivity contribution < 1.29 is 16.8 Å². The molecule has 5 heteroatoms. The normalized spacial score (nSPS) is 11.5. The van der Waals surface area contributed by atoms with Crippen molar-refractivity contribution in [1.82, 2.24) is 0 Å². The molecule has 0 saturated carbocycles. The SMILES string of the molecule is CCCCCCCCCCOS(=O)(=O)Oc1ccccc1. The van der Waals surface area contributed by atoms with Gasteiger partial charge in [-0.1, -0.05) is 70.1 Å². The highest BCUT2D eigenvalue weighted by molar-refractivity contribution is 7.82. The molecule has 0 radical (unpaired) electrons. The van der Waals surface area contributed by atoms with Gasteiger partial charge in [0.1, 0.15) is 5.75 Å². The molecule has 120 valence electrons. The van der Waals surface area contributed by atoms with E-state index in [4.69, 9.17) is 8.37 Å². The molecule has 0 aliphatic carbocycles. The van der Waals surface area contributed by atoms with Crippen molar-refractivity contribution >= 4 is 10.4 Å². The molecule has 21 heavy (non-hydrogen) atoms. The van der Waals surface area contributed by atoms with Crippen LogP contribution in [-0.2, 0) is 14.6 Å². The van der Waals surface area contributed by atoms with E-state index in [0.717, 1.165) is 19.3 Å². The maximum absolute atomic E-state index is 11.6. The van der Waals surface area contributed by atoms with Crippen LogP contribution in [0.2, 0.25) is 0 Å². The van der Waals surface area contributed by atoms with Crippen molar-refractivity contribution in [3.8, 4) is 5.75 Å². The van der Waals surface area contributed by atoms with Gasteiger partial charge in [0.25, 0.3) is 0 Å². The van der Waals surface area contributed by atoms with Crippen LogP contribution >= 0.6 is 0 Å². The van der Waals surface area contributed by atoms with Crippen LogP contribution < -0.4 is 4.18 Å². The van der Waals surface area contributed by atoms with E-state index in [-0.39, 0.29) is 12.4 Å². The average molecular weight is 314 g/mol. The first-order chi connectivity index (χ1) is 10.1. The van der Waals surface area contributed by atoms with Gasteiger partial charge >= 0.3 is 10.4 Å². The van der Waals surface area contributed by atoms with Crippen LogP contribution in [-0.4, -0.2) is 15.0 Å². The van der Waals surface area contributed by atoms with Crippen LogP contribution in [0, 0.1) is 0 Å². The summed E-state index contributed by atoms with van der Waals surface area (Å²) < 4.78 is 32.8. The first-order valence-electron chi connectivity index (χ1n) is 7.78. The maximum atomic E-state index is 11.6. The molecular formula is C16H26O4S. The van der Waals surface area contributed by atoms with Gasteiger partial charge in [0.05, 0.1) is 6.61 Å². The summed E-state index contributed by atoms with van der Waals surface area (Å²) in [6.07, 6.45) is 9.21. The Hall–Kier alpha value is -1.07. The highest BCUT2D eigenvalue weighted by atomic mass is 32.3. The Balaban J connectivity index is 2.06. The second-order valence-electron chi connectivity index (χ2n) is 5.10. The van der Waals surface area contributed by atoms with E-state index in [9.17, 15) is 8.42 Å². The molecule has 0 fully saturated rings. The standard InChI is InChI=1S/C16H26O4S/c1-2-3-4-5-6-7-8-12-15-19-21(17,18)20-16-13-10-9-11-14-16/h9-11,13-14H,2-8,12,15H2,1H3. The Morgan fingerprint density at radius 2 is 1.43 bits per heavy atom.